The molecule has 0 unspecified atom stereocenters. The molecular formula is C19H23ClN2O4S. The molecule has 6 nitrogen and oxygen atoms in total. The van der Waals surface area contributed by atoms with Crippen molar-refractivity contribution < 1.29 is 17.9 Å². The molecule has 146 valence electrons. The van der Waals surface area contributed by atoms with Gasteiger partial charge in [-0.25, -0.2) is 8.42 Å². The molecule has 0 spiro atoms. The van der Waals surface area contributed by atoms with Crippen LogP contribution in [0.1, 0.15) is 29.8 Å². The minimum atomic E-state index is -3.88. The molecule has 2 N–H and O–H groups in total. The molecule has 0 atom stereocenters. The summed E-state index contributed by atoms with van der Waals surface area (Å²) in [6, 6.07) is 9.02. The largest absolute Gasteiger partial charge is 0.495 e. The van der Waals surface area contributed by atoms with Crippen LogP contribution in [0.25, 0.3) is 0 Å². The first-order valence-corrected chi connectivity index (χ1v) is 10.3. The zero-order chi connectivity index (χ0) is 20.2. The SMILES string of the molecule is COc1ccc(NS(=O)(=O)c2ccc(C)c(C(=O)NCC(C)C)c2)cc1Cl. The Hall–Kier alpha value is -2.25. The predicted molar refractivity (Wildman–Crippen MR) is 107 cm³/mol. The molecule has 0 heterocycles. The molecular weight excluding hydrogens is 388 g/mol. The average molecular weight is 411 g/mol. The number of ether oxygens (including phenoxy) is 1. The van der Waals surface area contributed by atoms with Gasteiger partial charge in [0.1, 0.15) is 5.75 Å². The normalized spacial score (nSPS) is 11.3. The summed E-state index contributed by atoms with van der Waals surface area (Å²) < 4.78 is 32.9. The van der Waals surface area contributed by atoms with E-state index >= 15 is 0 Å². The second kappa shape index (κ2) is 8.63. The number of nitrogens with one attached hydrogen (secondary N) is 2. The van der Waals surface area contributed by atoms with Gasteiger partial charge in [0.2, 0.25) is 0 Å². The van der Waals surface area contributed by atoms with Gasteiger partial charge < -0.3 is 10.1 Å². The van der Waals surface area contributed by atoms with E-state index in [9.17, 15) is 13.2 Å². The second-order valence-electron chi connectivity index (χ2n) is 6.54. The maximum atomic E-state index is 12.7. The fraction of sp³-hybridized carbons (Fsp3) is 0.316. The molecule has 0 saturated heterocycles. The lowest BCUT2D eigenvalue weighted by Crippen LogP contribution is -2.28. The summed E-state index contributed by atoms with van der Waals surface area (Å²) in [5.41, 5.74) is 1.32. The van der Waals surface area contributed by atoms with E-state index in [4.69, 9.17) is 16.3 Å². The van der Waals surface area contributed by atoms with Crippen molar-refractivity contribution in [2.45, 2.75) is 25.7 Å². The maximum absolute atomic E-state index is 12.7. The van der Waals surface area contributed by atoms with Crippen LogP contribution >= 0.6 is 11.6 Å². The third kappa shape index (κ3) is 5.37. The number of anilines is 1. The van der Waals surface area contributed by atoms with Crippen molar-refractivity contribution >= 4 is 33.2 Å². The quantitative estimate of drug-likeness (QED) is 0.726. The monoisotopic (exact) mass is 410 g/mol. The highest BCUT2D eigenvalue weighted by molar-refractivity contribution is 7.92. The highest BCUT2D eigenvalue weighted by atomic mass is 35.5. The summed E-state index contributed by atoms with van der Waals surface area (Å²) in [5, 5.41) is 3.09. The van der Waals surface area contributed by atoms with Crippen LogP contribution in [-0.4, -0.2) is 28.0 Å². The van der Waals surface area contributed by atoms with Crippen molar-refractivity contribution in [3.05, 3.63) is 52.5 Å². The number of hydrogen-bond donors (Lipinski definition) is 2. The van der Waals surface area contributed by atoms with E-state index < -0.39 is 10.0 Å². The number of methoxy groups -OCH3 is 1. The lowest BCUT2D eigenvalue weighted by molar-refractivity contribution is 0.0948. The van der Waals surface area contributed by atoms with Crippen LogP contribution in [0.2, 0.25) is 5.02 Å². The Labute approximate surface area is 164 Å². The molecule has 0 saturated carbocycles. The van der Waals surface area contributed by atoms with Gasteiger partial charge in [-0.15, -0.1) is 0 Å². The summed E-state index contributed by atoms with van der Waals surface area (Å²) >= 11 is 6.04. The van der Waals surface area contributed by atoms with Crippen molar-refractivity contribution in [2.75, 3.05) is 18.4 Å². The number of amides is 1. The minimum Gasteiger partial charge on any atom is -0.495 e. The molecule has 0 fully saturated rings. The molecule has 0 bridgehead atoms. The molecule has 8 heteroatoms. The molecule has 0 aromatic heterocycles. The topological polar surface area (TPSA) is 84.5 Å². The van der Waals surface area contributed by atoms with Crippen molar-refractivity contribution in [1.82, 2.24) is 5.32 Å². The third-order valence-electron chi connectivity index (χ3n) is 3.84. The maximum Gasteiger partial charge on any atom is 0.261 e. The first-order chi connectivity index (χ1) is 12.6. The molecule has 27 heavy (non-hydrogen) atoms. The number of aryl methyl sites for hydroxylation is 1. The van der Waals surface area contributed by atoms with Gasteiger partial charge in [0, 0.05) is 12.1 Å². The van der Waals surface area contributed by atoms with Crippen LogP contribution in [0.3, 0.4) is 0 Å². The molecule has 0 aliphatic rings. The van der Waals surface area contributed by atoms with E-state index in [1.165, 1.54) is 25.3 Å². The Morgan fingerprint density at radius 3 is 2.48 bits per heavy atom. The summed E-state index contributed by atoms with van der Waals surface area (Å²) in [5.74, 6) is 0.437. The highest BCUT2D eigenvalue weighted by Crippen LogP contribution is 2.28. The number of benzene rings is 2. The van der Waals surface area contributed by atoms with Crippen LogP contribution in [-0.2, 0) is 10.0 Å². The van der Waals surface area contributed by atoms with Crippen LogP contribution in [0.4, 0.5) is 5.69 Å². The van der Waals surface area contributed by atoms with E-state index in [1.807, 2.05) is 13.8 Å². The van der Waals surface area contributed by atoms with E-state index in [-0.39, 0.29) is 15.8 Å². The number of carbonyl (C=O) groups excluding carboxylic acids is 1. The number of hydrogen-bond acceptors (Lipinski definition) is 4. The smallest absolute Gasteiger partial charge is 0.261 e. The lowest BCUT2D eigenvalue weighted by Gasteiger charge is -2.13. The zero-order valence-corrected chi connectivity index (χ0v) is 17.2. The van der Waals surface area contributed by atoms with Crippen LogP contribution < -0.4 is 14.8 Å². The number of halogens is 1. The average Bonchev–Trinajstić information content (AvgIpc) is 2.59. The molecule has 2 aromatic rings. The third-order valence-corrected chi connectivity index (χ3v) is 5.51. The van der Waals surface area contributed by atoms with Gasteiger partial charge in [-0.1, -0.05) is 31.5 Å². The molecule has 2 rings (SSSR count). The fourth-order valence-electron chi connectivity index (χ4n) is 2.35. The van der Waals surface area contributed by atoms with Gasteiger partial charge >= 0.3 is 0 Å². The first-order valence-electron chi connectivity index (χ1n) is 8.39. The molecule has 2 aromatic carbocycles. The summed E-state index contributed by atoms with van der Waals surface area (Å²) in [4.78, 5) is 12.4. The second-order valence-corrected chi connectivity index (χ2v) is 8.63. The standard InChI is InChI=1S/C19H23ClN2O4S/c1-12(2)11-21-19(23)16-10-15(7-5-13(16)3)27(24,25)22-14-6-8-18(26-4)17(20)9-14/h5-10,12,22H,11H2,1-4H3,(H,21,23). The zero-order valence-electron chi connectivity index (χ0n) is 15.7. The van der Waals surface area contributed by atoms with E-state index in [2.05, 4.69) is 10.0 Å². The Kier molecular flexibility index (Phi) is 6.73. The van der Waals surface area contributed by atoms with Crippen LogP contribution in [0.15, 0.2) is 41.3 Å². The van der Waals surface area contributed by atoms with Gasteiger partial charge in [0.25, 0.3) is 15.9 Å². The Bertz CT molecular complexity index is 943. The van der Waals surface area contributed by atoms with Crippen molar-refractivity contribution in [1.29, 1.82) is 0 Å². The first kappa shape index (κ1) is 21.1. The number of rotatable bonds is 7. The van der Waals surface area contributed by atoms with Crippen LogP contribution in [0, 0.1) is 12.8 Å². The molecule has 0 radical (unpaired) electrons. The lowest BCUT2D eigenvalue weighted by atomic mass is 10.1. The fourth-order valence-corrected chi connectivity index (χ4v) is 3.68. The van der Waals surface area contributed by atoms with Gasteiger partial charge in [0.15, 0.2) is 0 Å². The Morgan fingerprint density at radius 1 is 1.19 bits per heavy atom. The van der Waals surface area contributed by atoms with Gasteiger partial charge in [-0.2, -0.15) is 0 Å². The molecule has 0 aliphatic heterocycles. The number of sulfonamides is 1. The van der Waals surface area contributed by atoms with Crippen LogP contribution in [0.5, 0.6) is 5.75 Å². The van der Waals surface area contributed by atoms with Gasteiger partial charge in [0.05, 0.1) is 22.7 Å². The van der Waals surface area contributed by atoms with E-state index in [0.29, 0.717) is 35.0 Å². The predicted octanol–water partition coefficient (Wildman–Crippen LogP) is 3.84. The molecule has 0 aliphatic carbocycles. The minimum absolute atomic E-state index is 0.00487. The number of carbonyl (C=O) groups is 1. The van der Waals surface area contributed by atoms with Gasteiger partial charge in [-0.3, -0.25) is 9.52 Å². The Morgan fingerprint density at radius 2 is 1.89 bits per heavy atom. The highest BCUT2D eigenvalue weighted by Gasteiger charge is 2.19. The summed E-state index contributed by atoms with van der Waals surface area (Å²) in [6.45, 7) is 6.24. The van der Waals surface area contributed by atoms with E-state index in [0.717, 1.165) is 0 Å². The summed E-state index contributed by atoms with van der Waals surface area (Å²) in [7, 11) is -2.41. The van der Waals surface area contributed by atoms with Crippen molar-refractivity contribution in [3.8, 4) is 5.75 Å². The van der Waals surface area contributed by atoms with Gasteiger partial charge in [-0.05, 0) is 48.7 Å². The van der Waals surface area contributed by atoms with Crippen molar-refractivity contribution in [3.63, 3.8) is 0 Å². The Balaban J connectivity index is 2.29. The van der Waals surface area contributed by atoms with E-state index in [1.54, 1.807) is 25.1 Å². The van der Waals surface area contributed by atoms with Crippen molar-refractivity contribution in [2.24, 2.45) is 5.92 Å². The summed E-state index contributed by atoms with van der Waals surface area (Å²) in [6.07, 6.45) is 0. The molecule has 1 amide bonds.